The van der Waals surface area contributed by atoms with Gasteiger partial charge >= 0.3 is 5.97 Å². The Bertz CT molecular complexity index is 326. The number of nitrogens with zero attached hydrogens (tertiary/aromatic N) is 1. The van der Waals surface area contributed by atoms with Crippen molar-refractivity contribution in [3.63, 3.8) is 0 Å². The molecule has 1 aromatic rings. The van der Waals surface area contributed by atoms with Crippen LogP contribution in [0.25, 0.3) is 0 Å². The molecule has 1 heterocycles. The van der Waals surface area contributed by atoms with E-state index in [2.05, 4.69) is 20.3 Å². The van der Waals surface area contributed by atoms with Gasteiger partial charge in [-0.1, -0.05) is 0 Å². The highest BCUT2D eigenvalue weighted by Gasteiger charge is 2.19. The lowest BCUT2D eigenvalue weighted by atomic mass is 10.5. The van der Waals surface area contributed by atoms with Gasteiger partial charge in [0.2, 0.25) is 5.88 Å². The van der Waals surface area contributed by atoms with Gasteiger partial charge in [-0.05, 0) is 41.3 Å². The Labute approximate surface area is 94.5 Å². The van der Waals surface area contributed by atoms with Gasteiger partial charge in [0.25, 0.3) is 0 Å². The molecule has 0 saturated heterocycles. The largest absolute Gasteiger partial charge is 0.477 e. The molecule has 4 nitrogen and oxygen atoms in total. The van der Waals surface area contributed by atoms with Gasteiger partial charge in [-0.25, -0.2) is 4.79 Å². The van der Waals surface area contributed by atoms with E-state index in [9.17, 15) is 4.79 Å². The fraction of sp³-hybridized carbons (Fsp3) is 0.500. The van der Waals surface area contributed by atoms with Gasteiger partial charge in [0.05, 0.1) is 13.2 Å². The molecule has 6 heteroatoms. The maximum Gasteiger partial charge on any atom is 0.351 e. The zero-order chi connectivity index (χ0) is 10.6. The van der Waals surface area contributed by atoms with E-state index >= 15 is 0 Å². The summed E-state index contributed by atoms with van der Waals surface area (Å²) in [7, 11) is 0. The van der Waals surface area contributed by atoms with E-state index in [4.69, 9.17) is 9.47 Å². The monoisotopic (exact) mass is 279 g/mol. The summed E-state index contributed by atoms with van der Waals surface area (Å²) >= 11 is 4.31. The summed E-state index contributed by atoms with van der Waals surface area (Å²) in [6, 6.07) is 0. The first-order chi connectivity index (χ1) is 6.70. The Hall–Kier alpha value is -0.620. The van der Waals surface area contributed by atoms with Gasteiger partial charge in [-0.3, -0.25) is 0 Å². The van der Waals surface area contributed by atoms with Crippen LogP contribution in [0.2, 0.25) is 0 Å². The van der Waals surface area contributed by atoms with E-state index in [1.165, 1.54) is 0 Å². The van der Waals surface area contributed by atoms with Crippen LogP contribution in [0.4, 0.5) is 0 Å². The van der Waals surface area contributed by atoms with Crippen LogP contribution in [-0.2, 0) is 4.74 Å². The highest BCUT2D eigenvalue weighted by molar-refractivity contribution is 9.10. The van der Waals surface area contributed by atoms with Crippen LogP contribution in [0.5, 0.6) is 5.88 Å². The molecular weight excluding hydrogens is 270 g/mol. The molecule has 0 spiro atoms. The molecule has 1 aromatic heterocycles. The van der Waals surface area contributed by atoms with Gasteiger partial charge in [0, 0.05) is 0 Å². The molecule has 0 radical (unpaired) electrons. The van der Waals surface area contributed by atoms with Crippen molar-refractivity contribution in [2.75, 3.05) is 13.2 Å². The first-order valence-electron chi connectivity index (χ1n) is 4.15. The van der Waals surface area contributed by atoms with Gasteiger partial charge in [-0.15, -0.1) is 0 Å². The summed E-state index contributed by atoms with van der Waals surface area (Å²) in [6.45, 7) is 4.49. The second-order valence-corrected chi connectivity index (χ2v) is 3.85. The fourth-order valence-corrected chi connectivity index (χ4v) is 2.13. The SMILES string of the molecule is CCOC(=O)c1snc(OCC)c1Br. The maximum absolute atomic E-state index is 11.3. The van der Waals surface area contributed by atoms with Gasteiger partial charge in [0.15, 0.2) is 4.88 Å². The molecule has 78 valence electrons. The van der Waals surface area contributed by atoms with Crippen LogP contribution in [0.15, 0.2) is 4.47 Å². The Morgan fingerprint density at radius 2 is 2.21 bits per heavy atom. The number of rotatable bonds is 4. The molecular formula is C8H10BrNO3S. The lowest BCUT2D eigenvalue weighted by molar-refractivity contribution is 0.0530. The minimum atomic E-state index is -0.372. The fourth-order valence-electron chi connectivity index (χ4n) is 0.814. The normalized spacial score (nSPS) is 9.93. The third-order valence-electron chi connectivity index (χ3n) is 1.35. The first kappa shape index (κ1) is 11.5. The average Bonchev–Trinajstić information content (AvgIpc) is 2.49. The molecule has 0 N–H and O–H groups in total. The van der Waals surface area contributed by atoms with E-state index in [1.807, 2.05) is 6.92 Å². The van der Waals surface area contributed by atoms with Gasteiger partial charge < -0.3 is 9.47 Å². The van der Waals surface area contributed by atoms with Crippen LogP contribution in [-0.4, -0.2) is 23.6 Å². The number of esters is 1. The van der Waals surface area contributed by atoms with Gasteiger partial charge in [-0.2, -0.15) is 4.37 Å². The van der Waals surface area contributed by atoms with E-state index in [0.29, 0.717) is 28.4 Å². The number of halogens is 1. The van der Waals surface area contributed by atoms with Crippen molar-refractivity contribution in [3.05, 3.63) is 9.35 Å². The summed E-state index contributed by atoms with van der Waals surface area (Å²) in [4.78, 5) is 11.8. The number of ether oxygens (including phenoxy) is 2. The second kappa shape index (κ2) is 5.31. The van der Waals surface area contributed by atoms with Gasteiger partial charge in [0.1, 0.15) is 4.47 Å². The second-order valence-electron chi connectivity index (χ2n) is 2.28. The molecule has 0 aliphatic rings. The van der Waals surface area contributed by atoms with E-state index < -0.39 is 0 Å². The van der Waals surface area contributed by atoms with Crippen LogP contribution < -0.4 is 4.74 Å². The quantitative estimate of drug-likeness (QED) is 0.795. The number of aromatic nitrogens is 1. The Morgan fingerprint density at radius 1 is 1.50 bits per heavy atom. The zero-order valence-electron chi connectivity index (χ0n) is 7.87. The van der Waals surface area contributed by atoms with Crippen molar-refractivity contribution in [1.29, 1.82) is 0 Å². The molecule has 0 aliphatic heterocycles. The third-order valence-corrected chi connectivity index (χ3v) is 3.16. The van der Waals surface area contributed by atoms with Crippen molar-refractivity contribution in [2.45, 2.75) is 13.8 Å². The first-order valence-corrected chi connectivity index (χ1v) is 5.72. The Kier molecular flexibility index (Phi) is 4.34. The number of carbonyl (C=O) groups is 1. The average molecular weight is 280 g/mol. The summed E-state index contributed by atoms with van der Waals surface area (Å²) in [5, 5.41) is 0. The lowest BCUT2D eigenvalue weighted by Crippen LogP contribution is -2.02. The van der Waals surface area contributed by atoms with E-state index in [0.717, 1.165) is 11.5 Å². The molecule has 0 saturated carbocycles. The summed E-state index contributed by atoms with van der Waals surface area (Å²) in [6.07, 6.45) is 0. The molecule has 0 atom stereocenters. The predicted octanol–water partition coefficient (Wildman–Crippen LogP) is 2.48. The number of hydrogen-bond donors (Lipinski definition) is 0. The minimum Gasteiger partial charge on any atom is -0.477 e. The van der Waals surface area contributed by atoms with E-state index in [1.54, 1.807) is 6.92 Å². The molecule has 0 aliphatic carbocycles. The van der Waals surface area contributed by atoms with Crippen LogP contribution in [0.1, 0.15) is 23.5 Å². The van der Waals surface area contributed by atoms with Crippen molar-refractivity contribution in [3.8, 4) is 5.88 Å². The van der Waals surface area contributed by atoms with Crippen molar-refractivity contribution in [1.82, 2.24) is 4.37 Å². The van der Waals surface area contributed by atoms with Crippen LogP contribution >= 0.6 is 27.5 Å². The molecule has 14 heavy (non-hydrogen) atoms. The minimum absolute atomic E-state index is 0.354. The smallest absolute Gasteiger partial charge is 0.351 e. The number of carbonyl (C=O) groups excluding carboxylic acids is 1. The maximum atomic E-state index is 11.3. The third kappa shape index (κ3) is 2.45. The summed E-state index contributed by atoms with van der Waals surface area (Å²) in [5.74, 6) is 0.0726. The van der Waals surface area contributed by atoms with E-state index in [-0.39, 0.29) is 5.97 Å². The van der Waals surface area contributed by atoms with Crippen molar-refractivity contribution in [2.24, 2.45) is 0 Å². The molecule has 1 rings (SSSR count). The highest BCUT2D eigenvalue weighted by Crippen LogP contribution is 2.31. The molecule has 0 bridgehead atoms. The van der Waals surface area contributed by atoms with Crippen LogP contribution in [0, 0.1) is 0 Å². The highest BCUT2D eigenvalue weighted by atomic mass is 79.9. The van der Waals surface area contributed by atoms with Crippen molar-refractivity contribution >= 4 is 33.4 Å². The Morgan fingerprint density at radius 3 is 2.79 bits per heavy atom. The van der Waals surface area contributed by atoms with Crippen molar-refractivity contribution < 1.29 is 14.3 Å². The topological polar surface area (TPSA) is 48.4 Å². The molecule has 0 unspecified atom stereocenters. The summed E-state index contributed by atoms with van der Waals surface area (Å²) < 4.78 is 14.6. The molecule has 0 fully saturated rings. The predicted molar refractivity (Wildman–Crippen MR) is 56.9 cm³/mol. The lowest BCUT2D eigenvalue weighted by Gasteiger charge is -1.99. The molecule has 0 amide bonds. The summed E-state index contributed by atoms with van der Waals surface area (Å²) in [5.41, 5.74) is 0. The zero-order valence-corrected chi connectivity index (χ0v) is 10.3. The standard InChI is InChI=1S/C8H10BrNO3S/c1-3-12-7-5(9)6(14-10-7)8(11)13-4-2/h3-4H2,1-2H3. The Balaban J connectivity index is 2.83. The molecule has 0 aromatic carbocycles. The van der Waals surface area contributed by atoms with Crippen LogP contribution in [0.3, 0.4) is 0 Å². The number of hydrogen-bond acceptors (Lipinski definition) is 5.